The first-order valence-corrected chi connectivity index (χ1v) is 6.93. The van der Waals surface area contributed by atoms with Gasteiger partial charge in [0.25, 0.3) is 5.91 Å². The number of anilines is 1. The Kier molecular flexibility index (Phi) is 3.58. The molecule has 0 saturated heterocycles. The van der Waals surface area contributed by atoms with Gasteiger partial charge in [0.05, 0.1) is 12.2 Å². The van der Waals surface area contributed by atoms with Crippen molar-refractivity contribution < 1.29 is 14.3 Å². The number of nitrogens with zero attached hydrogens (tertiary/aromatic N) is 3. The standard InChI is InChI=1S/C16H15N3O3/c1-10-6-17-15(18-7-10)8-19-13-4-3-12(9-20)5-14(13)22-11(2)16(19)21/h3-7,9,11H,8H2,1-2H3. The SMILES string of the molecule is Cc1cnc(CN2C(=O)C(C)Oc3cc(C=O)ccc32)nc1. The zero-order valence-corrected chi connectivity index (χ0v) is 12.3. The summed E-state index contributed by atoms with van der Waals surface area (Å²) in [5.74, 6) is 0.915. The molecule has 1 aromatic carbocycles. The fraction of sp³-hybridized carbons (Fsp3) is 0.250. The lowest BCUT2D eigenvalue weighted by atomic mass is 10.1. The first kappa shape index (κ1) is 14.2. The first-order chi connectivity index (χ1) is 10.6. The molecular weight excluding hydrogens is 282 g/mol. The molecule has 6 nitrogen and oxygen atoms in total. The van der Waals surface area contributed by atoms with Gasteiger partial charge >= 0.3 is 0 Å². The van der Waals surface area contributed by atoms with Crippen molar-refractivity contribution in [2.75, 3.05) is 4.90 Å². The van der Waals surface area contributed by atoms with Crippen LogP contribution in [0.3, 0.4) is 0 Å². The fourth-order valence-corrected chi connectivity index (χ4v) is 2.31. The Labute approximate surface area is 127 Å². The number of ether oxygens (including phenoxy) is 1. The smallest absolute Gasteiger partial charge is 0.268 e. The van der Waals surface area contributed by atoms with E-state index in [4.69, 9.17) is 4.74 Å². The van der Waals surface area contributed by atoms with Gasteiger partial charge in [-0.2, -0.15) is 0 Å². The quantitative estimate of drug-likeness (QED) is 0.809. The highest BCUT2D eigenvalue weighted by Crippen LogP contribution is 2.35. The second kappa shape index (κ2) is 5.55. The highest BCUT2D eigenvalue weighted by Gasteiger charge is 2.32. The van der Waals surface area contributed by atoms with Crippen LogP contribution in [0.2, 0.25) is 0 Å². The molecule has 112 valence electrons. The average Bonchev–Trinajstić information content (AvgIpc) is 2.53. The van der Waals surface area contributed by atoms with E-state index in [0.717, 1.165) is 11.8 Å². The molecule has 0 saturated carbocycles. The molecule has 0 spiro atoms. The maximum atomic E-state index is 12.4. The molecule has 0 bridgehead atoms. The molecule has 0 radical (unpaired) electrons. The Morgan fingerprint density at radius 2 is 2.05 bits per heavy atom. The summed E-state index contributed by atoms with van der Waals surface area (Å²) in [6, 6.07) is 4.99. The van der Waals surface area contributed by atoms with Gasteiger partial charge in [0.15, 0.2) is 6.10 Å². The molecule has 2 aromatic rings. The Morgan fingerprint density at radius 1 is 1.32 bits per heavy atom. The van der Waals surface area contributed by atoms with E-state index >= 15 is 0 Å². The van der Waals surface area contributed by atoms with E-state index in [1.165, 1.54) is 0 Å². The van der Waals surface area contributed by atoms with Crippen LogP contribution < -0.4 is 9.64 Å². The third-order valence-corrected chi connectivity index (χ3v) is 3.46. The molecule has 1 aliphatic heterocycles. The average molecular weight is 297 g/mol. The molecule has 1 amide bonds. The highest BCUT2D eigenvalue weighted by atomic mass is 16.5. The molecule has 0 N–H and O–H groups in total. The second-order valence-electron chi connectivity index (χ2n) is 5.21. The van der Waals surface area contributed by atoms with Crippen LogP contribution in [0.4, 0.5) is 5.69 Å². The molecule has 2 heterocycles. The lowest BCUT2D eigenvalue weighted by Gasteiger charge is -2.32. The summed E-state index contributed by atoms with van der Waals surface area (Å²) in [5.41, 5.74) is 2.09. The number of aldehydes is 1. The Balaban J connectivity index is 1.97. The molecule has 0 fully saturated rings. The van der Waals surface area contributed by atoms with Gasteiger partial charge in [-0.25, -0.2) is 9.97 Å². The van der Waals surface area contributed by atoms with Crippen LogP contribution in [0.1, 0.15) is 28.7 Å². The highest BCUT2D eigenvalue weighted by molar-refractivity contribution is 6.00. The predicted octanol–water partition coefficient (Wildman–Crippen LogP) is 1.91. The molecule has 0 aliphatic carbocycles. The van der Waals surface area contributed by atoms with Gasteiger partial charge in [-0.05, 0) is 37.6 Å². The van der Waals surface area contributed by atoms with Crippen LogP contribution in [-0.2, 0) is 11.3 Å². The number of rotatable bonds is 3. The van der Waals surface area contributed by atoms with Crippen LogP contribution in [0.25, 0.3) is 0 Å². The molecule has 1 aromatic heterocycles. The van der Waals surface area contributed by atoms with Crippen molar-refractivity contribution >= 4 is 17.9 Å². The number of benzene rings is 1. The minimum atomic E-state index is -0.611. The third kappa shape index (κ3) is 2.55. The zero-order chi connectivity index (χ0) is 15.7. The summed E-state index contributed by atoms with van der Waals surface area (Å²) in [7, 11) is 0. The Bertz CT molecular complexity index is 728. The topological polar surface area (TPSA) is 72.4 Å². The van der Waals surface area contributed by atoms with Crippen LogP contribution in [0.15, 0.2) is 30.6 Å². The Hall–Kier alpha value is -2.76. The van der Waals surface area contributed by atoms with Crippen molar-refractivity contribution in [3.63, 3.8) is 0 Å². The van der Waals surface area contributed by atoms with Crippen molar-refractivity contribution in [3.8, 4) is 5.75 Å². The van der Waals surface area contributed by atoms with Crippen LogP contribution in [0.5, 0.6) is 5.75 Å². The maximum absolute atomic E-state index is 12.4. The van der Waals surface area contributed by atoms with Gasteiger partial charge < -0.3 is 4.74 Å². The van der Waals surface area contributed by atoms with Gasteiger partial charge in [0.2, 0.25) is 0 Å². The molecule has 1 atom stereocenters. The van der Waals surface area contributed by atoms with Crippen molar-refractivity contribution in [1.29, 1.82) is 0 Å². The molecule has 1 unspecified atom stereocenters. The summed E-state index contributed by atoms with van der Waals surface area (Å²) in [6.45, 7) is 3.85. The van der Waals surface area contributed by atoms with Gasteiger partial charge in [-0.3, -0.25) is 14.5 Å². The van der Waals surface area contributed by atoms with E-state index in [1.54, 1.807) is 42.4 Å². The number of hydrogen-bond donors (Lipinski definition) is 0. The van der Waals surface area contributed by atoms with E-state index < -0.39 is 6.10 Å². The minimum absolute atomic E-state index is 0.157. The van der Waals surface area contributed by atoms with Gasteiger partial charge in [0.1, 0.15) is 17.9 Å². The van der Waals surface area contributed by atoms with E-state index in [-0.39, 0.29) is 12.5 Å². The molecule has 3 rings (SSSR count). The fourth-order valence-electron chi connectivity index (χ4n) is 2.31. The number of aryl methyl sites for hydroxylation is 1. The monoisotopic (exact) mass is 297 g/mol. The number of hydrogen-bond acceptors (Lipinski definition) is 5. The number of fused-ring (bicyclic) bond motifs is 1. The lowest BCUT2D eigenvalue weighted by molar-refractivity contribution is -0.125. The van der Waals surface area contributed by atoms with Crippen LogP contribution in [-0.4, -0.2) is 28.3 Å². The third-order valence-electron chi connectivity index (χ3n) is 3.46. The van der Waals surface area contributed by atoms with E-state index in [2.05, 4.69) is 9.97 Å². The zero-order valence-electron chi connectivity index (χ0n) is 12.3. The normalized spacial score (nSPS) is 16.9. The first-order valence-electron chi connectivity index (χ1n) is 6.93. The Morgan fingerprint density at radius 3 is 2.73 bits per heavy atom. The molecule has 22 heavy (non-hydrogen) atoms. The number of carbonyl (C=O) groups excluding carboxylic acids is 2. The maximum Gasteiger partial charge on any atom is 0.268 e. The second-order valence-corrected chi connectivity index (χ2v) is 5.21. The summed E-state index contributed by atoms with van der Waals surface area (Å²) in [5, 5.41) is 0. The summed E-state index contributed by atoms with van der Waals surface area (Å²) in [4.78, 5) is 33.3. The van der Waals surface area contributed by atoms with Crippen molar-refractivity contribution in [2.24, 2.45) is 0 Å². The lowest BCUT2D eigenvalue weighted by Crippen LogP contribution is -2.44. The summed E-state index contributed by atoms with van der Waals surface area (Å²) < 4.78 is 5.58. The van der Waals surface area contributed by atoms with Crippen LogP contribution >= 0.6 is 0 Å². The van der Waals surface area contributed by atoms with Gasteiger partial charge in [-0.15, -0.1) is 0 Å². The largest absolute Gasteiger partial charge is 0.479 e. The predicted molar refractivity (Wildman–Crippen MR) is 79.9 cm³/mol. The van der Waals surface area contributed by atoms with Gasteiger partial charge in [0, 0.05) is 18.0 Å². The van der Waals surface area contributed by atoms with Crippen LogP contribution in [0, 0.1) is 6.92 Å². The number of amides is 1. The van der Waals surface area contributed by atoms with E-state index in [0.29, 0.717) is 22.8 Å². The van der Waals surface area contributed by atoms with Crippen molar-refractivity contribution in [2.45, 2.75) is 26.5 Å². The molecular formula is C16H15N3O3. The summed E-state index contributed by atoms with van der Waals surface area (Å²) in [6.07, 6.45) is 3.57. The van der Waals surface area contributed by atoms with E-state index in [9.17, 15) is 9.59 Å². The summed E-state index contributed by atoms with van der Waals surface area (Å²) >= 11 is 0. The van der Waals surface area contributed by atoms with Crippen molar-refractivity contribution in [1.82, 2.24) is 9.97 Å². The molecule has 6 heteroatoms. The molecule has 1 aliphatic rings. The van der Waals surface area contributed by atoms with Crippen molar-refractivity contribution in [3.05, 3.63) is 47.5 Å². The minimum Gasteiger partial charge on any atom is -0.479 e. The van der Waals surface area contributed by atoms with E-state index in [1.807, 2.05) is 6.92 Å². The van der Waals surface area contributed by atoms with Gasteiger partial charge in [-0.1, -0.05) is 0 Å². The number of aromatic nitrogens is 2. The number of carbonyl (C=O) groups is 2.